The summed E-state index contributed by atoms with van der Waals surface area (Å²) in [6.07, 6.45) is -3.30. The van der Waals surface area contributed by atoms with Crippen molar-refractivity contribution in [3.05, 3.63) is 43.8 Å². The van der Waals surface area contributed by atoms with Gasteiger partial charge >= 0.3 is 6.18 Å². The van der Waals surface area contributed by atoms with E-state index in [4.69, 9.17) is 11.6 Å². The lowest BCUT2D eigenvalue weighted by molar-refractivity contribution is -0.135. The Bertz CT molecular complexity index is 1230. The normalized spacial score (nSPS) is 12.7. The highest BCUT2D eigenvalue weighted by atomic mass is 35.5. The molecule has 0 bridgehead atoms. The van der Waals surface area contributed by atoms with Gasteiger partial charge in [-0.1, -0.05) is 6.07 Å². The van der Waals surface area contributed by atoms with E-state index < -0.39 is 35.7 Å². The van der Waals surface area contributed by atoms with Crippen molar-refractivity contribution in [1.82, 2.24) is 9.88 Å². The molecule has 2 aromatic rings. The van der Waals surface area contributed by atoms with Crippen molar-refractivity contribution in [3.8, 4) is 6.07 Å². The van der Waals surface area contributed by atoms with Crippen LogP contribution in [-0.4, -0.2) is 35.0 Å². The molecule has 0 fully saturated rings. The standard InChI is InChI=1S/C19H17ClF3N5O3S/c1-2-28-17(31)14(9-25-11-4-3-5-12(6-11)27-15(29)7-20)32-18(28)13(8-24)16(30)26-10-19(21,22)23/h3-6,9,25H,2,7,10H2,1H3,(H,26,30)(H,27,29). The van der Waals surface area contributed by atoms with Crippen molar-refractivity contribution < 1.29 is 22.8 Å². The minimum absolute atomic E-state index is 0.0594. The van der Waals surface area contributed by atoms with Gasteiger partial charge in [0.25, 0.3) is 11.5 Å². The Balaban J connectivity index is 2.43. The molecule has 1 aromatic carbocycles. The van der Waals surface area contributed by atoms with Crippen LogP contribution >= 0.6 is 22.9 Å². The highest BCUT2D eigenvalue weighted by Gasteiger charge is 2.28. The number of alkyl halides is 4. The quantitative estimate of drug-likeness (QED) is 0.509. The maximum atomic E-state index is 12.6. The van der Waals surface area contributed by atoms with Gasteiger partial charge in [-0.25, -0.2) is 0 Å². The molecule has 3 N–H and O–H groups in total. The van der Waals surface area contributed by atoms with Crippen LogP contribution in [0.3, 0.4) is 0 Å². The Morgan fingerprint density at radius 3 is 2.59 bits per heavy atom. The highest BCUT2D eigenvalue weighted by molar-refractivity contribution is 7.07. The minimum atomic E-state index is -4.64. The van der Waals surface area contributed by atoms with Gasteiger partial charge < -0.3 is 16.0 Å². The molecule has 32 heavy (non-hydrogen) atoms. The van der Waals surface area contributed by atoms with E-state index in [1.165, 1.54) is 6.20 Å². The summed E-state index contributed by atoms with van der Waals surface area (Å²) in [6, 6.07) is 8.11. The predicted octanol–water partition coefficient (Wildman–Crippen LogP) is 1.31. The first kappa shape index (κ1) is 25.0. The number of nitriles is 1. The Kier molecular flexibility index (Phi) is 8.45. The summed E-state index contributed by atoms with van der Waals surface area (Å²) in [5.41, 5.74) is -0.137. The summed E-state index contributed by atoms with van der Waals surface area (Å²) in [5, 5.41) is 16.4. The molecule has 0 aliphatic heterocycles. The largest absolute Gasteiger partial charge is 0.405 e. The van der Waals surface area contributed by atoms with Crippen molar-refractivity contribution >= 4 is 57.9 Å². The average molecular weight is 488 g/mol. The van der Waals surface area contributed by atoms with E-state index in [0.29, 0.717) is 11.4 Å². The smallest absolute Gasteiger partial charge is 0.360 e. The van der Waals surface area contributed by atoms with Gasteiger partial charge in [0.05, 0.1) is 0 Å². The molecule has 2 amide bonds. The second-order valence-corrected chi connectivity index (χ2v) is 7.45. The van der Waals surface area contributed by atoms with Gasteiger partial charge in [-0.05, 0) is 25.1 Å². The molecule has 0 atom stereocenters. The van der Waals surface area contributed by atoms with Crippen LogP contribution < -0.4 is 30.7 Å². The Morgan fingerprint density at radius 1 is 1.31 bits per heavy atom. The van der Waals surface area contributed by atoms with E-state index in [0.717, 1.165) is 15.9 Å². The third-order valence-electron chi connectivity index (χ3n) is 3.86. The zero-order valence-electron chi connectivity index (χ0n) is 16.5. The molecule has 13 heteroatoms. The van der Waals surface area contributed by atoms with Crippen molar-refractivity contribution in [1.29, 1.82) is 5.26 Å². The minimum Gasteiger partial charge on any atom is -0.360 e. The molecule has 0 aliphatic carbocycles. The molecule has 0 unspecified atom stereocenters. The second-order valence-electron chi connectivity index (χ2n) is 6.16. The third kappa shape index (κ3) is 6.60. The number of halogens is 4. The summed E-state index contributed by atoms with van der Waals surface area (Å²) in [5.74, 6) is -1.84. The number of aromatic nitrogens is 1. The zero-order valence-corrected chi connectivity index (χ0v) is 18.1. The van der Waals surface area contributed by atoms with Gasteiger partial charge in [0, 0.05) is 24.1 Å². The number of hydrogen-bond acceptors (Lipinski definition) is 6. The maximum Gasteiger partial charge on any atom is 0.405 e. The van der Waals surface area contributed by atoms with Crippen LogP contribution in [0.15, 0.2) is 29.1 Å². The fraction of sp³-hybridized carbons (Fsp3) is 0.263. The van der Waals surface area contributed by atoms with Crippen molar-refractivity contribution in [2.75, 3.05) is 23.1 Å². The monoisotopic (exact) mass is 487 g/mol. The van der Waals surface area contributed by atoms with Crippen LogP contribution in [-0.2, 0) is 16.1 Å². The van der Waals surface area contributed by atoms with Gasteiger partial charge in [0.2, 0.25) is 5.91 Å². The van der Waals surface area contributed by atoms with Crippen LogP contribution in [0.25, 0.3) is 11.8 Å². The molecule has 8 nitrogen and oxygen atoms in total. The third-order valence-corrected chi connectivity index (χ3v) is 5.24. The molecule has 0 radical (unpaired) electrons. The molecular formula is C19H17ClF3N5O3S. The van der Waals surface area contributed by atoms with Crippen LogP contribution in [0.4, 0.5) is 24.5 Å². The number of amides is 2. The SMILES string of the molecule is CCn1c(=C(C#N)C(=O)NCC(F)(F)F)sc(=CNc2cccc(NC(=O)CCl)c2)c1=O. The number of nitrogens with one attached hydrogen (secondary N) is 3. The van der Waals surface area contributed by atoms with E-state index in [1.807, 2.05) is 0 Å². The molecule has 0 spiro atoms. The summed E-state index contributed by atoms with van der Waals surface area (Å²) in [7, 11) is 0. The van der Waals surface area contributed by atoms with Gasteiger partial charge in [-0.3, -0.25) is 19.0 Å². The molecular weight excluding hydrogens is 471 g/mol. The molecule has 1 aromatic heterocycles. The number of nitrogens with zero attached hydrogens (tertiary/aromatic N) is 2. The van der Waals surface area contributed by atoms with E-state index in [-0.39, 0.29) is 21.6 Å². The lowest BCUT2D eigenvalue weighted by Gasteiger charge is -2.07. The summed E-state index contributed by atoms with van der Waals surface area (Å²) in [6.45, 7) is 0.0898. The Morgan fingerprint density at radius 2 is 2.00 bits per heavy atom. The fourth-order valence-corrected chi connectivity index (χ4v) is 3.64. The Hall–Kier alpha value is -3.30. The highest BCUT2D eigenvalue weighted by Crippen LogP contribution is 2.15. The lowest BCUT2D eigenvalue weighted by atomic mass is 10.3. The number of benzene rings is 1. The number of carbonyl (C=O) groups is 2. The van der Waals surface area contributed by atoms with E-state index in [9.17, 15) is 32.8 Å². The van der Waals surface area contributed by atoms with Crippen molar-refractivity contribution in [2.45, 2.75) is 19.6 Å². The van der Waals surface area contributed by atoms with Gasteiger partial charge in [0.1, 0.15) is 27.7 Å². The molecule has 0 saturated carbocycles. The second kappa shape index (κ2) is 10.8. The van der Waals surface area contributed by atoms with Gasteiger partial charge in [-0.2, -0.15) is 18.4 Å². The first-order valence-electron chi connectivity index (χ1n) is 9.01. The van der Waals surface area contributed by atoms with E-state index in [2.05, 4.69) is 10.6 Å². The molecule has 170 valence electrons. The topological polar surface area (TPSA) is 116 Å². The number of hydrogen-bond donors (Lipinski definition) is 3. The fourth-order valence-electron chi connectivity index (χ4n) is 2.49. The number of anilines is 2. The number of thiazole rings is 1. The Labute approximate surface area is 188 Å². The first-order valence-corrected chi connectivity index (χ1v) is 10.4. The van der Waals surface area contributed by atoms with Crippen LogP contribution in [0.2, 0.25) is 0 Å². The maximum absolute atomic E-state index is 12.6. The summed E-state index contributed by atoms with van der Waals surface area (Å²) >= 11 is 6.24. The molecule has 2 rings (SSSR count). The first-order chi connectivity index (χ1) is 15.1. The summed E-state index contributed by atoms with van der Waals surface area (Å²) < 4.78 is 38.3. The van der Waals surface area contributed by atoms with Crippen LogP contribution in [0.5, 0.6) is 0 Å². The molecule has 1 heterocycles. The van der Waals surface area contributed by atoms with Crippen LogP contribution in [0, 0.1) is 11.3 Å². The van der Waals surface area contributed by atoms with Gasteiger partial charge in [-0.15, -0.1) is 22.9 Å². The summed E-state index contributed by atoms with van der Waals surface area (Å²) in [4.78, 5) is 36.1. The lowest BCUT2D eigenvalue weighted by Crippen LogP contribution is -2.37. The van der Waals surface area contributed by atoms with E-state index in [1.54, 1.807) is 42.6 Å². The van der Waals surface area contributed by atoms with Crippen molar-refractivity contribution in [2.24, 2.45) is 0 Å². The van der Waals surface area contributed by atoms with Crippen molar-refractivity contribution in [3.63, 3.8) is 0 Å². The number of rotatable bonds is 7. The molecule has 0 saturated heterocycles. The number of carbonyl (C=O) groups excluding carboxylic acids is 2. The van der Waals surface area contributed by atoms with E-state index >= 15 is 0 Å². The average Bonchev–Trinajstić information content (AvgIpc) is 3.06. The molecule has 0 aliphatic rings. The van der Waals surface area contributed by atoms with Crippen LogP contribution in [0.1, 0.15) is 6.92 Å². The zero-order chi connectivity index (χ0) is 23.9. The van der Waals surface area contributed by atoms with Gasteiger partial charge in [0.15, 0.2) is 5.57 Å². The predicted molar refractivity (Wildman–Crippen MR) is 115 cm³/mol.